The molecule has 2 aromatic rings. The third-order valence-electron chi connectivity index (χ3n) is 2.89. The van der Waals surface area contributed by atoms with Crippen LogP contribution in [0.3, 0.4) is 0 Å². The molecule has 4 heteroatoms. The maximum absolute atomic E-state index is 13.2. The Morgan fingerprint density at radius 3 is 2.60 bits per heavy atom. The van der Waals surface area contributed by atoms with Gasteiger partial charge in [0.2, 0.25) is 0 Å². The molecule has 0 amide bonds. The summed E-state index contributed by atoms with van der Waals surface area (Å²) in [4.78, 5) is 11.6. The number of hydrogen-bond donors (Lipinski definition) is 1. The molecule has 0 bridgehead atoms. The van der Waals surface area contributed by atoms with Gasteiger partial charge in [-0.3, -0.25) is 0 Å². The summed E-state index contributed by atoms with van der Waals surface area (Å²) in [6.45, 7) is 0. The highest BCUT2D eigenvalue weighted by atomic mass is 32.2. The lowest BCUT2D eigenvalue weighted by molar-refractivity contribution is 0.0691. The molecule has 0 radical (unpaired) electrons. The topological polar surface area (TPSA) is 37.3 Å². The van der Waals surface area contributed by atoms with E-state index in [0.29, 0.717) is 0 Å². The number of hydrogen-bond acceptors (Lipinski definition) is 2. The molecule has 0 unspecified atom stereocenters. The van der Waals surface area contributed by atoms with Gasteiger partial charge in [0.25, 0.3) is 0 Å². The average Bonchev–Trinajstić information content (AvgIpc) is 2.46. The minimum atomic E-state index is -1.23. The summed E-state index contributed by atoms with van der Waals surface area (Å²) in [6.07, 6.45) is 1.98. The Labute approximate surface area is 121 Å². The van der Waals surface area contributed by atoms with Crippen LogP contribution in [-0.2, 0) is 6.42 Å². The van der Waals surface area contributed by atoms with Crippen molar-refractivity contribution in [2.24, 2.45) is 0 Å². The monoisotopic (exact) mass is 290 g/mol. The number of thioether (sulfide) groups is 1. The lowest BCUT2D eigenvalue weighted by Gasteiger charge is -2.04. The standard InChI is InChI=1S/C16H15FO2S/c17-15-9-8-13(11-14(15)16(18)19)20-10-4-7-12-5-2-1-3-6-12/h1-3,5-6,8-9,11H,4,7,10H2,(H,18,19). The van der Waals surface area contributed by atoms with Crippen LogP contribution in [0.4, 0.5) is 4.39 Å². The molecule has 2 aromatic carbocycles. The second kappa shape index (κ2) is 7.10. The van der Waals surface area contributed by atoms with Gasteiger partial charge in [0.15, 0.2) is 0 Å². The first-order chi connectivity index (χ1) is 9.66. The number of aromatic carboxylic acids is 1. The number of rotatable bonds is 6. The van der Waals surface area contributed by atoms with Gasteiger partial charge in [0, 0.05) is 4.90 Å². The number of halogens is 1. The van der Waals surface area contributed by atoms with Crippen LogP contribution in [-0.4, -0.2) is 16.8 Å². The Balaban J connectivity index is 1.85. The van der Waals surface area contributed by atoms with Crippen LogP contribution in [0.1, 0.15) is 22.3 Å². The number of carboxylic acids is 1. The first-order valence-corrected chi connectivity index (χ1v) is 7.35. The second-order valence-electron chi connectivity index (χ2n) is 4.38. The predicted molar refractivity (Wildman–Crippen MR) is 78.8 cm³/mol. The SMILES string of the molecule is O=C(O)c1cc(SCCCc2ccccc2)ccc1F. The van der Waals surface area contributed by atoms with Gasteiger partial charge in [-0.05, 0) is 42.4 Å². The van der Waals surface area contributed by atoms with Gasteiger partial charge in [0.1, 0.15) is 5.82 Å². The van der Waals surface area contributed by atoms with E-state index in [1.165, 1.54) is 17.7 Å². The molecule has 20 heavy (non-hydrogen) atoms. The Kier molecular flexibility index (Phi) is 5.18. The first-order valence-electron chi connectivity index (χ1n) is 6.36. The normalized spacial score (nSPS) is 10.4. The van der Waals surface area contributed by atoms with E-state index in [1.54, 1.807) is 17.8 Å². The Morgan fingerprint density at radius 2 is 1.90 bits per heavy atom. The zero-order valence-electron chi connectivity index (χ0n) is 10.9. The predicted octanol–water partition coefficient (Wildman–Crippen LogP) is 4.25. The van der Waals surface area contributed by atoms with Crippen molar-refractivity contribution in [1.82, 2.24) is 0 Å². The summed E-state index contributed by atoms with van der Waals surface area (Å²) in [6, 6.07) is 14.4. The van der Waals surface area contributed by atoms with Crippen molar-refractivity contribution >= 4 is 17.7 Å². The van der Waals surface area contributed by atoms with Crippen molar-refractivity contribution in [1.29, 1.82) is 0 Å². The highest BCUT2D eigenvalue weighted by Gasteiger charge is 2.10. The molecule has 2 rings (SSSR count). The largest absolute Gasteiger partial charge is 0.478 e. The van der Waals surface area contributed by atoms with Crippen LogP contribution in [0.5, 0.6) is 0 Å². The maximum atomic E-state index is 13.2. The Bertz CT molecular complexity index is 584. The minimum Gasteiger partial charge on any atom is -0.478 e. The van der Waals surface area contributed by atoms with E-state index < -0.39 is 11.8 Å². The second-order valence-corrected chi connectivity index (χ2v) is 5.55. The quantitative estimate of drug-likeness (QED) is 0.638. The molecular weight excluding hydrogens is 275 g/mol. The summed E-state index contributed by atoms with van der Waals surface area (Å²) in [5.41, 5.74) is 1.02. The highest BCUT2D eigenvalue weighted by molar-refractivity contribution is 7.99. The molecule has 0 aromatic heterocycles. The number of carbonyl (C=O) groups is 1. The Morgan fingerprint density at radius 1 is 1.15 bits per heavy atom. The molecule has 0 spiro atoms. The van der Waals surface area contributed by atoms with E-state index in [9.17, 15) is 9.18 Å². The fourth-order valence-corrected chi connectivity index (χ4v) is 2.76. The number of carboxylic acid groups (broad SMARTS) is 1. The fourth-order valence-electron chi connectivity index (χ4n) is 1.87. The van der Waals surface area contributed by atoms with Crippen molar-refractivity contribution in [3.8, 4) is 0 Å². The Hall–Kier alpha value is -1.81. The molecule has 1 N–H and O–H groups in total. The molecule has 0 fully saturated rings. The zero-order valence-corrected chi connectivity index (χ0v) is 11.7. The van der Waals surface area contributed by atoms with Gasteiger partial charge in [-0.15, -0.1) is 11.8 Å². The molecule has 0 saturated heterocycles. The third-order valence-corrected chi connectivity index (χ3v) is 3.97. The van der Waals surface area contributed by atoms with Crippen molar-refractivity contribution in [2.75, 3.05) is 5.75 Å². The smallest absolute Gasteiger partial charge is 0.338 e. The van der Waals surface area contributed by atoms with Crippen LogP contribution >= 0.6 is 11.8 Å². The first kappa shape index (κ1) is 14.6. The van der Waals surface area contributed by atoms with E-state index in [4.69, 9.17) is 5.11 Å². The van der Waals surface area contributed by atoms with E-state index in [2.05, 4.69) is 12.1 Å². The van der Waals surface area contributed by atoms with Gasteiger partial charge in [-0.2, -0.15) is 0 Å². The fraction of sp³-hybridized carbons (Fsp3) is 0.188. The summed E-state index contributed by atoms with van der Waals surface area (Å²) in [7, 11) is 0. The van der Waals surface area contributed by atoms with Crippen molar-refractivity contribution in [3.05, 3.63) is 65.5 Å². The van der Waals surface area contributed by atoms with Crippen LogP contribution in [0.15, 0.2) is 53.4 Å². The van der Waals surface area contributed by atoms with E-state index in [1.807, 2.05) is 18.2 Å². The van der Waals surface area contributed by atoms with Crippen LogP contribution in [0.25, 0.3) is 0 Å². The van der Waals surface area contributed by atoms with Crippen molar-refractivity contribution in [2.45, 2.75) is 17.7 Å². The van der Waals surface area contributed by atoms with Crippen LogP contribution in [0.2, 0.25) is 0 Å². The van der Waals surface area contributed by atoms with Gasteiger partial charge >= 0.3 is 5.97 Å². The van der Waals surface area contributed by atoms with E-state index in [-0.39, 0.29) is 5.56 Å². The van der Waals surface area contributed by atoms with Crippen molar-refractivity contribution in [3.63, 3.8) is 0 Å². The molecule has 0 aliphatic carbocycles. The molecule has 0 saturated carbocycles. The van der Waals surface area contributed by atoms with Gasteiger partial charge < -0.3 is 5.11 Å². The molecule has 0 heterocycles. The number of benzene rings is 2. The van der Waals surface area contributed by atoms with Crippen molar-refractivity contribution < 1.29 is 14.3 Å². The molecule has 0 aliphatic rings. The maximum Gasteiger partial charge on any atom is 0.338 e. The zero-order chi connectivity index (χ0) is 14.4. The lowest BCUT2D eigenvalue weighted by atomic mass is 10.1. The summed E-state index contributed by atoms with van der Waals surface area (Å²) in [5, 5.41) is 8.86. The van der Waals surface area contributed by atoms with E-state index >= 15 is 0 Å². The third kappa shape index (κ3) is 4.10. The van der Waals surface area contributed by atoms with E-state index in [0.717, 1.165) is 23.5 Å². The molecule has 0 atom stereocenters. The summed E-state index contributed by atoms with van der Waals surface area (Å²) in [5.74, 6) is -1.04. The summed E-state index contributed by atoms with van der Waals surface area (Å²) >= 11 is 1.55. The molecule has 0 aliphatic heterocycles. The van der Waals surface area contributed by atoms with Crippen LogP contribution < -0.4 is 0 Å². The summed E-state index contributed by atoms with van der Waals surface area (Å²) < 4.78 is 13.2. The van der Waals surface area contributed by atoms with Crippen LogP contribution in [0, 0.1) is 5.82 Å². The number of aryl methyl sites for hydroxylation is 1. The van der Waals surface area contributed by atoms with Gasteiger partial charge in [-0.25, -0.2) is 9.18 Å². The highest BCUT2D eigenvalue weighted by Crippen LogP contribution is 2.22. The molecule has 2 nitrogen and oxygen atoms in total. The lowest BCUT2D eigenvalue weighted by Crippen LogP contribution is -2.00. The van der Waals surface area contributed by atoms with Gasteiger partial charge in [0.05, 0.1) is 5.56 Å². The minimum absolute atomic E-state index is 0.266. The van der Waals surface area contributed by atoms with Gasteiger partial charge in [-0.1, -0.05) is 30.3 Å². The molecular formula is C16H15FO2S. The molecule has 104 valence electrons. The average molecular weight is 290 g/mol.